The van der Waals surface area contributed by atoms with Gasteiger partial charge in [-0.25, -0.2) is 4.98 Å². The molecule has 0 aliphatic rings. The second-order valence-electron chi connectivity index (χ2n) is 5.48. The normalized spacial score (nSPS) is 10.8. The van der Waals surface area contributed by atoms with E-state index in [1.54, 1.807) is 4.57 Å². The first-order chi connectivity index (χ1) is 11.5. The van der Waals surface area contributed by atoms with E-state index in [1.165, 1.54) is 17.6 Å². The number of anilines is 1. The van der Waals surface area contributed by atoms with E-state index in [4.69, 9.17) is 5.41 Å². The second-order valence-corrected chi connectivity index (χ2v) is 6.68. The molecule has 0 fully saturated rings. The molecule has 0 atom stereocenters. The summed E-state index contributed by atoms with van der Waals surface area (Å²) in [4.78, 5) is 17.1. The highest BCUT2D eigenvalue weighted by Gasteiger charge is 2.22. The van der Waals surface area contributed by atoms with Crippen LogP contribution in [0.3, 0.4) is 0 Å². The molecule has 24 heavy (non-hydrogen) atoms. The van der Waals surface area contributed by atoms with Gasteiger partial charge in [-0.1, -0.05) is 12.1 Å². The topological polar surface area (TPSA) is 82.8 Å². The van der Waals surface area contributed by atoms with Crippen molar-refractivity contribution < 1.29 is 4.79 Å². The average Bonchev–Trinajstić information content (AvgIpc) is 3.09. The predicted molar refractivity (Wildman–Crippen MR) is 98.4 cm³/mol. The number of nitrogens with one attached hydrogen (secondary N) is 3. The average molecular weight is 341 g/mol. The molecule has 0 aliphatic carbocycles. The van der Waals surface area contributed by atoms with E-state index in [0.717, 1.165) is 26.6 Å². The van der Waals surface area contributed by atoms with Crippen LogP contribution in [0.25, 0.3) is 10.3 Å². The highest BCUT2D eigenvalue weighted by molar-refractivity contribution is 7.18. The molecule has 6 nitrogen and oxygen atoms in total. The zero-order valence-corrected chi connectivity index (χ0v) is 14.6. The van der Waals surface area contributed by atoms with E-state index in [2.05, 4.69) is 15.6 Å². The Morgan fingerprint density at radius 3 is 2.71 bits per heavy atom. The third-order valence-electron chi connectivity index (χ3n) is 3.92. The number of amides is 1. The van der Waals surface area contributed by atoms with Crippen LogP contribution in [0.5, 0.6) is 0 Å². The summed E-state index contributed by atoms with van der Waals surface area (Å²) in [5.41, 5.74) is 3.90. The Labute approximate surface area is 144 Å². The van der Waals surface area contributed by atoms with Crippen molar-refractivity contribution in [3.63, 3.8) is 0 Å². The summed E-state index contributed by atoms with van der Waals surface area (Å²) in [6, 6.07) is 7.88. The molecule has 0 bridgehead atoms. The molecule has 0 spiro atoms. The molecule has 0 aliphatic heterocycles. The third kappa shape index (κ3) is 2.78. The number of hydrogen-bond donors (Lipinski definition) is 3. The van der Waals surface area contributed by atoms with Gasteiger partial charge < -0.3 is 20.6 Å². The fourth-order valence-corrected chi connectivity index (χ4v) is 3.64. The highest BCUT2D eigenvalue weighted by Crippen LogP contribution is 2.29. The van der Waals surface area contributed by atoms with E-state index in [0.29, 0.717) is 17.8 Å². The summed E-state index contributed by atoms with van der Waals surface area (Å²) < 4.78 is 2.65. The zero-order valence-electron chi connectivity index (χ0n) is 13.8. The number of aryl methyl sites for hydroxylation is 2. The maximum Gasteiger partial charge on any atom is 0.268 e. The Bertz CT molecular complexity index is 907. The smallest absolute Gasteiger partial charge is 0.268 e. The molecule has 124 valence electrons. The van der Waals surface area contributed by atoms with Gasteiger partial charge in [-0.2, -0.15) is 0 Å². The van der Waals surface area contributed by atoms with Crippen LogP contribution >= 0.6 is 11.3 Å². The number of aromatic nitrogens is 2. The molecular weight excluding hydrogens is 322 g/mol. The van der Waals surface area contributed by atoms with Crippen molar-refractivity contribution >= 4 is 39.5 Å². The van der Waals surface area contributed by atoms with Crippen LogP contribution < -0.4 is 10.6 Å². The Hall–Kier alpha value is -2.67. The van der Waals surface area contributed by atoms with E-state index in [1.807, 2.05) is 45.3 Å². The van der Waals surface area contributed by atoms with Gasteiger partial charge in [0.1, 0.15) is 5.69 Å². The minimum absolute atomic E-state index is 0.198. The van der Waals surface area contributed by atoms with E-state index >= 15 is 0 Å². The molecular formula is C17H19N5OS. The van der Waals surface area contributed by atoms with Gasteiger partial charge in [0.25, 0.3) is 5.91 Å². The van der Waals surface area contributed by atoms with Gasteiger partial charge in [-0.15, -0.1) is 11.3 Å². The molecule has 2 aromatic heterocycles. The fourth-order valence-electron chi connectivity index (χ4n) is 2.68. The maximum absolute atomic E-state index is 12.6. The van der Waals surface area contributed by atoms with E-state index in [-0.39, 0.29) is 5.91 Å². The van der Waals surface area contributed by atoms with Crippen LogP contribution in [-0.2, 0) is 13.6 Å². The molecule has 0 unspecified atom stereocenters. The Balaban J connectivity index is 1.84. The first-order valence-electron chi connectivity index (χ1n) is 7.56. The number of nitrogens with zero attached hydrogens (tertiary/aromatic N) is 2. The summed E-state index contributed by atoms with van der Waals surface area (Å²) in [5.74, 6) is -0.198. The minimum Gasteiger partial charge on any atom is -0.388 e. The monoisotopic (exact) mass is 341 g/mol. The van der Waals surface area contributed by atoms with Gasteiger partial charge >= 0.3 is 0 Å². The van der Waals surface area contributed by atoms with Crippen molar-refractivity contribution in [2.45, 2.75) is 13.5 Å². The number of benzene rings is 1. The summed E-state index contributed by atoms with van der Waals surface area (Å²) in [6.45, 7) is 2.36. The van der Waals surface area contributed by atoms with Crippen molar-refractivity contribution in [1.29, 1.82) is 5.41 Å². The van der Waals surface area contributed by atoms with Gasteiger partial charge in [0.05, 0.1) is 9.71 Å². The largest absolute Gasteiger partial charge is 0.388 e. The first-order valence-corrected chi connectivity index (χ1v) is 8.38. The number of rotatable bonds is 5. The molecule has 0 saturated carbocycles. The molecule has 3 aromatic rings. The van der Waals surface area contributed by atoms with Gasteiger partial charge in [0.2, 0.25) is 0 Å². The molecule has 1 amide bonds. The van der Waals surface area contributed by atoms with Gasteiger partial charge in [-0.3, -0.25) is 4.79 Å². The Kier molecular flexibility index (Phi) is 4.35. The predicted octanol–water partition coefficient (Wildman–Crippen LogP) is 2.91. The summed E-state index contributed by atoms with van der Waals surface area (Å²) >= 11 is 1.50. The van der Waals surface area contributed by atoms with Crippen molar-refractivity contribution in [2.24, 2.45) is 7.05 Å². The maximum atomic E-state index is 12.6. The quantitative estimate of drug-likeness (QED) is 0.624. The number of carbonyl (C=O) groups excluding carboxylic acids is 1. The van der Waals surface area contributed by atoms with Crippen molar-refractivity contribution in [2.75, 3.05) is 12.4 Å². The summed E-state index contributed by atoms with van der Waals surface area (Å²) in [7, 11) is 3.68. The van der Waals surface area contributed by atoms with Gasteiger partial charge in [0.15, 0.2) is 5.65 Å². The highest BCUT2D eigenvalue weighted by atomic mass is 32.1. The molecule has 3 rings (SSSR count). The molecule has 1 aromatic carbocycles. The van der Waals surface area contributed by atoms with Crippen molar-refractivity contribution in [3.05, 3.63) is 46.1 Å². The number of thiazole rings is 1. The van der Waals surface area contributed by atoms with Gasteiger partial charge in [0, 0.05) is 38.1 Å². The lowest BCUT2D eigenvalue weighted by Crippen LogP contribution is -2.26. The number of hydrogen-bond acceptors (Lipinski definition) is 5. The third-order valence-corrected chi connectivity index (χ3v) is 4.92. The minimum atomic E-state index is -0.198. The van der Waals surface area contributed by atoms with Crippen LogP contribution in [0.1, 0.15) is 26.6 Å². The summed E-state index contributed by atoms with van der Waals surface area (Å²) in [6.07, 6.45) is 1.23. The van der Waals surface area contributed by atoms with Crippen LogP contribution in [0, 0.1) is 12.3 Å². The SMILES string of the molecule is CNc1ccc(CNC(=O)c2c(C=N)c3sc(C)nc3n2C)cc1. The van der Waals surface area contributed by atoms with Crippen LogP contribution in [0.2, 0.25) is 0 Å². The van der Waals surface area contributed by atoms with Gasteiger partial charge in [-0.05, 0) is 24.6 Å². The van der Waals surface area contributed by atoms with Crippen LogP contribution in [0.15, 0.2) is 24.3 Å². The van der Waals surface area contributed by atoms with Crippen molar-refractivity contribution in [3.8, 4) is 0 Å². The number of carbonyl (C=O) groups is 1. The molecule has 2 heterocycles. The Morgan fingerprint density at radius 2 is 2.08 bits per heavy atom. The van der Waals surface area contributed by atoms with E-state index in [9.17, 15) is 4.79 Å². The van der Waals surface area contributed by atoms with E-state index < -0.39 is 0 Å². The lowest BCUT2D eigenvalue weighted by molar-refractivity contribution is 0.0943. The Morgan fingerprint density at radius 1 is 1.38 bits per heavy atom. The second kappa shape index (κ2) is 6.45. The van der Waals surface area contributed by atoms with Crippen LogP contribution in [0.4, 0.5) is 5.69 Å². The lowest BCUT2D eigenvalue weighted by Gasteiger charge is -2.08. The molecule has 0 saturated heterocycles. The van der Waals surface area contributed by atoms with Crippen molar-refractivity contribution in [1.82, 2.24) is 14.9 Å². The molecule has 0 radical (unpaired) electrons. The molecule has 7 heteroatoms. The zero-order chi connectivity index (χ0) is 17.3. The lowest BCUT2D eigenvalue weighted by atomic mass is 10.2. The fraction of sp³-hybridized carbons (Fsp3) is 0.235. The first kappa shape index (κ1) is 16.2. The standard InChI is InChI=1S/C17H19N5OS/c1-10-21-16-15(24-10)13(8-18)14(22(16)3)17(23)20-9-11-4-6-12(19-2)7-5-11/h4-8,18-19H,9H2,1-3H3,(H,20,23). The summed E-state index contributed by atoms with van der Waals surface area (Å²) in [5, 5.41) is 14.6. The molecule has 3 N–H and O–H groups in total. The van der Waals surface area contributed by atoms with Crippen LogP contribution in [-0.4, -0.2) is 28.7 Å². The number of fused-ring (bicyclic) bond motifs is 1.